The number of rotatable bonds is 5. The summed E-state index contributed by atoms with van der Waals surface area (Å²) in [4.78, 5) is 0.0710. The van der Waals surface area contributed by atoms with Gasteiger partial charge in [-0.25, -0.2) is 13.1 Å². The van der Waals surface area contributed by atoms with E-state index in [4.69, 9.17) is 21.1 Å². The highest BCUT2D eigenvalue weighted by Crippen LogP contribution is 2.35. The number of halogens is 1. The van der Waals surface area contributed by atoms with Gasteiger partial charge in [0.25, 0.3) is 0 Å². The zero-order valence-electron chi connectivity index (χ0n) is 14.7. The Bertz CT molecular complexity index is 883. The number of hydrogen-bond donors (Lipinski definition) is 1. The normalized spacial score (nSPS) is 15.5. The quantitative estimate of drug-likeness (QED) is 0.824. The summed E-state index contributed by atoms with van der Waals surface area (Å²) in [6.45, 7) is 5.11. The summed E-state index contributed by atoms with van der Waals surface area (Å²) in [5, 5.41) is 0.196. The Kier molecular flexibility index (Phi) is 5.75. The topological polar surface area (TPSA) is 64.6 Å². The van der Waals surface area contributed by atoms with E-state index in [-0.39, 0.29) is 15.8 Å². The molecule has 1 aliphatic rings. The SMILES string of the molecule is CC(C)C(NS(=O)(=O)c1ccccc1Cl)c1ccc2c(c1)OCCCO2. The molecule has 1 heterocycles. The Balaban J connectivity index is 1.93. The fourth-order valence-electron chi connectivity index (χ4n) is 2.86. The van der Waals surface area contributed by atoms with Crippen molar-refractivity contribution in [1.29, 1.82) is 0 Å². The molecule has 3 rings (SSSR count). The molecule has 1 unspecified atom stereocenters. The summed E-state index contributed by atoms with van der Waals surface area (Å²) >= 11 is 6.08. The highest BCUT2D eigenvalue weighted by Gasteiger charge is 2.26. The molecule has 1 atom stereocenters. The molecule has 0 fully saturated rings. The molecular formula is C19H22ClNO4S. The third-order valence-electron chi connectivity index (χ3n) is 4.21. The van der Waals surface area contributed by atoms with Crippen LogP contribution in [0.2, 0.25) is 5.02 Å². The molecule has 140 valence electrons. The van der Waals surface area contributed by atoms with Crippen molar-refractivity contribution in [3.05, 3.63) is 53.1 Å². The maximum absolute atomic E-state index is 12.8. The molecular weight excluding hydrogens is 374 g/mol. The molecule has 0 aliphatic carbocycles. The average Bonchev–Trinajstić information content (AvgIpc) is 2.84. The molecule has 0 saturated carbocycles. The van der Waals surface area contributed by atoms with Crippen LogP contribution in [-0.2, 0) is 10.0 Å². The Hall–Kier alpha value is -1.76. The first-order valence-electron chi connectivity index (χ1n) is 8.55. The lowest BCUT2D eigenvalue weighted by atomic mass is 9.97. The van der Waals surface area contributed by atoms with Crippen molar-refractivity contribution in [1.82, 2.24) is 4.72 Å². The highest BCUT2D eigenvalue weighted by molar-refractivity contribution is 7.89. The number of sulfonamides is 1. The van der Waals surface area contributed by atoms with Crippen molar-refractivity contribution in [2.45, 2.75) is 31.2 Å². The lowest BCUT2D eigenvalue weighted by Gasteiger charge is -2.24. The first-order valence-corrected chi connectivity index (χ1v) is 10.4. The van der Waals surface area contributed by atoms with Gasteiger partial charge in [0, 0.05) is 12.5 Å². The van der Waals surface area contributed by atoms with Crippen LogP contribution in [0.25, 0.3) is 0 Å². The van der Waals surface area contributed by atoms with Gasteiger partial charge >= 0.3 is 0 Å². The lowest BCUT2D eigenvalue weighted by molar-refractivity contribution is 0.297. The molecule has 26 heavy (non-hydrogen) atoms. The minimum Gasteiger partial charge on any atom is -0.490 e. The van der Waals surface area contributed by atoms with Gasteiger partial charge in [-0.05, 0) is 35.7 Å². The Morgan fingerprint density at radius 1 is 1.04 bits per heavy atom. The summed E-state index contributed by atoms with van der Waals surface area (Å²) in [7, 11) is -3.77. The van der Waals surface area contributed by atoms with Crippen molar-refractivity contribution in [2.24, 2.45) is 5.92 Å². The predicted molar refractivity (Wildman–Crippen MR) is 101 cm³/mol. The fraction of sp³-hybridized carbons (Fsp3) is 0.368. The number of hydrogen-bond acceptors (Lipinski definition) is 4. The van der Waals surface area contributed by atoms with Gasteiger partial charge in [0.2, 0.25) is 10.0 Å². The van der Waals surface area contributed by atoms with Crippen LogP contribution in [0.5, 0.6) is 11.5 Å². The first-order chi connectivity index (χ1) is 12.4. The van der Waals surface area contributed by atoms with E-state index < -0.39 is 16.1 Å². The maximum Gasteiger partial charge on any atom is 0.242 e. The van der Waals surface area contributed by atoms with Gasteiger partial charge in [-0.2, -0.15) is 0 Å². The number of benzene rings is 2. The van der Waals surface area contributed by atoms with E-state index in [0.29, 0.717) is 24.7 Å². The van der Waals surface area contributed by atoms with Gasteiger partial charge in [-0.15, -0.1) is 0 Å². The van der Waals surface area contributed by atoms with Gasteiger partial charge in [0.05, 0.1) is 18.2 Å². The van der Waals surface area contributed by atoms with Crippen LogP contribution in [0.4, 0.5) is 0 Å². The number of ether oxygens (including phenoxy) is 2. The molecule has 2 aromatic rings. The van der Waals surface area contributed by atoms with E-state index >= 15 is 0 Å². The van der Waals surface area contributed by atoms with Gasteiger partial charge in [0.1, 0.15) is 4.90 Å². The van der Waals surface area contributed by atoms with Crippen molar-refractivity contribution in [3.63, 3.8) is 0 Å². The zero-order chi connectivity index (χ0) is 18.7. The molecule has 1 aliphatic heterocycles. The van der Waals surface area contributed by atoms with Crippen LogP contribution in [0.1, 0.15) is 31.9 Å². The third kappa shape index (κ3) is 4.14. The minimum absolute atomic E-state index is 0.0250. The molecule has 5 nitrogen and oxygen atoms in total. The molecule has 0 spiro atoms. The Morgan fingerprint density at radius 3 is 2.42 bits per heavy atom. The molecule has 0 bridgehead atoms. The molecule has 0 saturated heterocycles. The van der Waals surface area contributed by atoms with Crippen molar-refractivity contribution in [2.75, 3.05) is 13.2 Å². The predicted octanol–water partition coefficient (Wildman–Crippen LogP) is 4.18. The van der Waals surface area contributed by atoms with Crippen molar-refractivity contribution < 1.29 is 17.9 Å². The second-order valence-electron chi connectivity index (χ2n) is 6.53. The highest BCUT2D eigenvalue weighted by atomic mass is 35.5. The number of nitrogens with one attached hydrogen (secondary N) is 1. The minimum atomic E-state index is -3.77. The molecule has 0 amide bonds. The smallest absolute Gasteiger partial charge is 0.242 e. The summed E-state index contributed by atoms with van der Waals surface area (Å²) in [6.07, 6.45) is 0.816. The average molecular weight is 396 g/mol. The van der Waals surface area contributed by atoms with E-state index in [0.717, 1.165) is 12.0 Å². The summed E-state index contributed by atoms with van der Waals surface area (Å²) in [6, 6.07) is 11.5. The molecule has 7 heteroatoms. The third-order valence-corrected chi connectivity index (χ3v) is 6.15. The molecule has 2 aromatic carbocycles. The maximum atomic E-state index is 12.8. The zero-order valence-corrected chi connectivity index (χ0v) is 16.3. The summed E-state index contributed by atoms with van der Waals surface area (Å²) in [5.41, 5.74) is 0.819. The standard InChI is InChI=1S/C19H22ClNO4S/c1-13(2)19(21-26(22,23)18-7-4-3-6-15(18)20)14-8-9-16-17(12-14)25-11-5-10-24-16/h3-4,6-9,12-13,19,21H,5,10-11H2,1-2H3. The summed E-state index contributed by atoms with van der Waals surface area (Å²) < 4.78 is 39.8. The Morgan fingerprint density at radius 2 is 1.73 bits per heavy atom. The van der Waals surface area contributed by atoms with E-state index in [2.05, 4.69) is 4.72 Å². The van der Waals surface area contributed by atoms with E-state index in [1.807, 2.05) is 32.0 Å². The molecule has 0 radical (unpaired) electrons. The van der Waals surface area contributed by atoms with Crippen LogP contribution >= 0.6 is 11.6 Å². The Labute approximate surface area is 159 Å². The second kappa shape index (κ2) is 7.86. The van der Waals surface area contributed by atoms with Crippen LogP contribution in [-0.4, -0.2) is 21.6 Å². The van der Waals surface area contributed by atoms with E-state index in [1.54, 1.807) is 18.2 Å². The lowest BCUT2D eigenvalue weighted by Crippen LogP contribution is -2.32. The summed E-state index contributed by atoms with van der Waals surface area (Å²) in [5.74, 6) is 1.35. The van der Waals surface area contributed by atoms with Crippen LogP contribution < -0.4 is 14.2 Å². The van der Waals surface area contributed by atoms with Crippen LogP contribution in [0, 0.1) is 5.92 Å². The van der Waals surface area contributed by atoms with Crippen LogP contribution in [0.15, 0.2) is 47.4 Å². The van der Waals surface area contributed by atoms with Crippen molar-refractivity contribution >= 4 is 21.6 Å². The van der Waals surface area contributed by atoms with E-state index in [9.17, 15) is 8.42 Å². The second-order valence-corrected chi connectivity index (χ2v) is 8.62. The van der Waals surface area contributed by atoms with Gasteiger partial charge < -0.3 is 9.47 Å². The largest absolute Gasteiger partial charge is 0.490 e. The van der Waals surface area contributed by atoms with Crippen LogP contribution in [0.3, 0.4) is 0 Å². The van der Waals surface area contributed by atoms with E-state index in [1.165, 1.54) is 6.07 Å². The van der Waals surface area contributed by atoms with Gasteiger partial charge in [-0.1, -0.05) is 43.6 Å². The first kappa shape index (κ1) is 19.0. The monoisotopic (exact) mass is 395 g/mol. The number of fused-ring (bicyclic) bond motifs is 1. The fourth-order valence-corrected chi connectivity index (χ4v) is 4.75. The van der Waals surface area contributed by atoms with Gasteiger partial charge in [0.15, 0.2) is 11.5 Å². The molecule has 0 aromatic heterocycles. The van der Waals surface area contributed by atoms with Crippen molar-refractivity contribution in [3.8, 4) is 11.5 Å². The molecule has 1 N–H and O–H groups in total. The van der Waals surface area contributed by atoms with Gasteiger partial charge in [-0.3, -0.25) is 0 Å².